The van der Waals surface area contributed by atoms with Crippen LogP contribution in [0, 0.1) is 6.92 Å². The monoisotopic (exact) mass is 316 g/mol. The van der Waals surface area contributed by atoms with Crippen molar-refractivity contribution < 1.29 is 13.6 Å². The van der Waals surface area contributed by atoms with Crippen LogP contribution in [-0.4, -0.2) is 26.8 Å². The molecule has 8 heteroatoms. The fourth-order valence-corrected chi connectivity index (χ4v) is 2.31. The highest BCUT2D eigenvalue weighted by molar-refractivity contribution is 7.99. The molecule has 0 aromatic carbocycles. The van der Waals surface area contributed by atoms with Crippen molar-refractivity contribution in [2.45, 2.75) is 12.1 Å². The van der Waals surface area contributed by atoms with Crippen molar-refractivity contribution in [2.24, 2.45) is 0 Å². The van der Waals surface area contributed by atoms with Crippen LogP contribution < -0.4 is 5.32 Å². The van der Waals surface area contributed by atoms with Crippen LogP contribution in [0.4, 0.5) is 5.69 Å². The van der Waals surface area contributed by atoms with Gasteiger partial charge in [-0.2, -0.15) is 0 Å². The summed E-state index contributed by atoms with van der Waals surface area (Å²) in [5, 5.41) is 10.9. The predicted octanol–water partition coefficient (Wildman–Crippen LogP) is 2.76. The third-order valence-corrected chi connectivity index (χ3v) is 3.60. The largest absolute Gasteiger partial charge is 0.469 e. The summed E-state index contributed by atoms with van der Waals surface area (Å²) in [6.07, 6.45) is 4.78. The number of carbonyl (C=O) groups excluding carboxylic acids is 1. The molecule has 0 bridgehead atoms. The Kier molecular flexibility index (Phi) is 4.19. The van der Waals surface area contributed by atoms with Gasteiger partial charge in [0.2, 0.25) is 5.91 Å². The van der Waals surface area contributed by atoms with E-state index in [1.54, 1.807) is 36.9 Å². The van der Waals surface area contributed by atoms with Gasteiger partial charge in [-0.3, -0.25) is 9.78 Å². The molecule has 0 radical (unpaired) electrons. The summed E-state index contributed by atoms with van der Waals surface area (Å²) in [5.41, 5.74) is 1.45. The average molecular weight is 316 g/mol. The molecule has 3 aromatic heterocycles. The van der Waals surface area contributed by atoms with Crippen molar-refractivity contribution in [3.63, 3.8) is 0 Å². The Morgan fingerprint density at radius 3 is 2.82 bits per heavy atom. The van der Waals surface area contributed by atoms with Crippen LogP contribution in [0.5, 0.6) is 0 Å². The van der Waals surface area contributed by atoms with Gasteiger partial charge in [-0.05, 0) is 25.1 Å². The summed E-state index contributed by atoms with van der Waals surface area (Å²) >= 11 is 1.17. The van der Waals surface area contributed by atoms with Crippen molar-refractivity contribution >= 4 is 23.4 Å². The third kappa shape index (κ3) is 3.34. The summed E-state index contributed by atoms with van der Waals surface area (Å²) in [7, 11) is 0. The summed E-state index contributed by atoms with van der Waals surface area (Å²) in [6, 6.07) is 5.19. The second-order valence-electron chi connectivity index (χ2n) is 4.34. The minimum absolute atomic E-state index is 0.157. The fraction of sp³-hybridized carbons (Fsp3) is 0.143. The summed E-state index contributed by atoms with van der Waals surface area (Å²) in [4.78, 5) is 15.7. The number of carbonyl (C=O) groups is 1. The van der Waals surface area contributed by atoms with Gasteiger partial charge in [0.05, 0.1) is 17.6 Å². The first-order valence-corrected chi connectivity index (χ1v) is 7.41. The topological polar surface area (TPSA) is 94.0 Å². The first kappa shape index (κ1) is 14.3. The van der Waals surface area contributed by atoms with Crippen LogP contribution in [0.3, 0.4) is 0 Å². The highest BCUT2D eigenvalue weighted by Gasteiger charge is 2.14. The second kappa shape index (κ2) is 6.44. The van der Waals surface area contributed by atoms with Gasteiger partial charge in [0.1, 0.15) is 5.76 Å². The van der Waals surface area contributed by atoms with E-state index in [4.69, 9.17) is 8.83 Å². The van der Waals surface area contributed by atoms with Crippen LogP contribution in [0.1, 0.15) is 5.76 Å². The van der Waals surface area contributed by atoms with Gasteiger partial charge < -0.3 is 14.2 Å². The zero-order valence-electron chi connectivity index (χ0n) is 11.6. The van der Waals surface area contributed by atoms with Crippen LogP contribution in [-0.2, 0) is 4.79 Å². The molecule has 0 unspecified atom stereocenters. The van der Waals surface area contributed by atoms with Crippen LogP contribution >= 0.6 is 11.8 Å². The highest BCUT2D eigenvalue weighted by Crippen LogP contribution is 2.26. The Bertz CT molecular complexity index is 769. The summed E-state index contributed by atoms with van der Waals surface area (Å²) < 4.78 is 10.7. The normalized spacial score (nSPS) is 10.6. The van der Waals surface area contributed by atoms with Crippen molar-refractivity contribution in [1.82, 2.24) is 15.2 Å². The van der Waals surface area contributed by atoms with Gasteiger partial charge in [0, 0.05) is 18.1 Å². The number of furan rings is 1. The van der Waals surface area contributed by atoms with E-state index in [0.29, 0.717) is 22.6 Å². The van der Waals surface area contributed by atoms with Gasteiger partial charge in [-0.1, -0.05) is 11.8 Å². The number of hydrogen-bond acceptors (Lipinski definition) is 7. The van der Waals surface area contributed by atoms with E-state index < -0.39 is 0 Å². The molecule has 0 spiro atoms. The first-order valence-electron chi connectivity index (χ1n) is 6.43. The molecule has 3 rings (SSSR count). The lowest BCUT2D eigenvalue weighted by Gasteiger charge is -2.02. The standard InChI is InChI=1S/C14H12N4O3S/c1-9-11(4-7-20-9)13-17-18-14(21-13)22-8-12(19)16-10-2-5-15-6-3-10/h2-7H,8H2,1H3,(H,15,16,19). The van der Waals surface area contributed by atoms with Gasteiger partial charge in [0.15, 0.2) is 0 Å². The first-order chi connectivity index (χ1) is 10.7. The number of pyridine rings is 1. The molecule has 1 N–H and O–H groups in total. The number of amides is 1. The summed E-state index contributed by atoms with van der Waals surface area (Å²) in [6.45, 7) is 1.81. The molecular weight excluding hydrogens is 304 g/mol. The number of nitrogens with zero attached hydrogens (tertiary/aromatic N) is 3. The predicted molar refractivity (Wildman–Crippen MR) is 80.3 cm³/mol. The van der Waals surface area contributed by atoms with E-state index in [1.165, 1.54) is 11.8 Å². The fourth-order valence-electron chi connectivity index (χ4n) is 1.74. The molecule has 0 aliphatic rings. The van der Waals surface area contributed by atoms with Gasteiger partial charge in [-0.15, -0.1) is 10.2 Å². The van der Waals surface area contributed by atoms with Crippen molar-refractivity contribution in [3.8, 4) is 11.5 Å². The van der Waals surface area contributed by atoms with E-state index >= 15 is 0 Å². The molecule has 112 valence electrons. The van der Waals surface area contributed by atoms with E-state index in [-0.39, 0.29) is 11.7 Å². The van der Waals surface area contributed by atoms with Crippen molar-refractivity contribution in [3.05, 3.63) is 42.6 Å². The molecule has 0 saturated heterocycles. The lowest BCUT2D eigenvalue weighted by molar-refractivity contribution is -0.113. The molecule has 3 heterocycles. The maximum atomic E-state index is 11.8. The Morgan fingerprint density at radius 1 is 1.27 bits per heavy atom. The molecule has 0 aliphatic heterocycles. The smallest absolute Gasteiger partial charge is 0.277 e. The summed E-state index contributed by atoms with van der Waals surface area (Å²) in [5.74, 6) is 1.10. The lowest BCUT2D eigenvalue weighted by Crippen LogP contribution is -2.13. The number of aromatic nitrogens is 3. The van der Waals surface area contributed by atoms with Gasteiger partial charge in [-0.25, -0.2) is 0 Å². The Balaban J connectivity index is 1.57. The molecule has 7 nitrogen and oxygen atoms in total. The van der Waals surface area contributed by atoms with E-state index in [2.05, 4.69) is 20.5 Å². The minimum atomic E-state index is -0.157. The molecule has 0 fully saturated rings. The third-order valence-electron chi connectivity index (χ3n) is 2.79. The number of anilines is 1. The van der Waals surface area contributed by atoms with E-state index in [0.717, 1.165) is 5.56 Å². The van der Waals surface area contributed by atoms with E-state index in [9.17, 15) is 4.79 Å². The van der Waals surface area contributed by atoms with E-state index in [1.807, 2.05) is 6.92 Å². The molecule has 0 saturated carbocycles. The Hall–Kier alpha value is -2.61. The number of hydrogen-bond donors (Lipinski definition) is 1. The molecule has 1 amide bonds. The maximum absolute atomic E-state index is 11.8. The molecule has 22 heavy (non-hydrogen) atoms. The quantitative estimate of drug-likeness (QED) is 0.723. The number of nitrogens with one attached hydrogen (secondary N) is 1. The van der Waals surface area contributed by atoms with Crippen LogP contribution in [0.25, 0.3) is 11.5 Å². The van der Waals surface area contributed by atoms with Gasteiger partial charge >= 0.3 is 0 Å². The van der Waals surface area contributed by atoms with Crippen molar-refractivity contribution in [1.29, 1.82) is 0 Å². The SMILES string of the molecule is Cc1occc1-c1nnc(SCC(=O)Nc2ccncc2)o1. The molecule has 0 aliphatic carbocycles. The molecular formula is C14H12N4O3S. The number of thioether (sulfide) groups is 1. The highest BCUT2D eigenvalue weighted by atomic mass is 32.2. The van der Waals surface area contributed by atoms with Crippen LogP contribution in [0.15, 0.2) is 50.9 Å². The molecule has 0 atom stereocenters. The van der Waals surface area contributed by atoms with Crippen LogP contribution in [0.2, 0.25) is 0 Å². The number of aryl methyl sites for hydroxylation is 1. The second-order valence-corrected chi connectivity index (χ2v) is 5.26. The maximum Gasteiger partial charge on any atom is 0.277 e. The zero-order chi connectivity index (χ0) is 15.4. The van der Waals surface area contributed by atoms with Crippen molar-refractivity contribution in [2.75, 3.05) is 11.1 Å². The minimum Gasteiger partial charge on any atom is -0.469 e. The average Bonchev–Trinajstić information content (AvgIpc) is 3.14. The number of rotatable bonds is 5. The van der Waals surface area contributed by atoms with Gasteiger partial charge in [0.25, 0.3) is 11.1 Å². The lowest BCUT2D eigenvalue weighted by atomic mass is 10.3. The molecule has 3 aromatic rings. The zero-order valence-corrected chi connectivity index (χ0v) is 12.5. The Morgan fingerprint density at radius 2 is 2.09 bits per heavy atom. The Labute approximate surface area is 130 Å².